The van der Waals surface area contributed by atoms with Gasteiger partial charge in [0.1, 0.15) is 12.7 Å². The zero-order valence-electron chi connectivity index (χ0n) is 12.4. The monoisotopic (exact) mass is 318 g/mol. The number of halogens is 1. The Hall–Kier alpha value is -1.88. The molecule has 0 unspecified atom stereocenters. The molecule has 1 atom stereocenters. The summed E-state index contributed by atoms with van der Waals surface area (Å²) in [7, 11) is 0. The lowest BCUT2D eigenvalue weighted by Gasteiger charge is -2.17. The Balaban J connectivity index is 1.49. The molecule has 1 aromatic heterocycles. The van der Waals surface area contributed by atoms with Crippen molar-refractivity contribution >= 4 is 17.5 Å². The van der Waals surface area contributed by atoms with Gasteiger partial charge in [-0.25, -0.2) is 4.98 Å². The van der Waals surface area contributed by atoms with Crippen molar-refractivity contribution in [2.45, 2.75) is 31.7 Å². The third-order valence-corrected chi connectivity index (χ3v) is 4.47. The molecule has 5 nitrogen and oxygen atoms in total. The maximum absolute atomic E-state index is 12.3. The second-order valence-electron chi connectivity index (χ2n) is 5.61. The van der Waals surface area contributed by atoms with Crippen molar-refractivity contribution in [3.63, 3.8) is 0 Å². The number of benzene rings is 1. The Labute approximate surface area is 134 Å². The first-order chi connectivity index (χ1) is 10.7. The zero-order chi connectivity index (χ0) is 15.4. The molecule has 0 N–H and O–H groups in total. The van der Waals surface area contributed by atoms with Gasteiger partial charge in [-0.3, -0.25) is 9.48 Å². The summed E-state index contributed by atoms with van der Waals surface area (Å²) in [6.45, 7) is 2.32. The molecule has 3 rings (SSSR count). The number of amides is 1. The molecule has 2 aromatic rings. The van der Waals surface area contributed by atoms with Gasteiger partial charge in [0, 0.05) is 37.0 Å². The molecule has 0 bridgehead atoms. The van der Waals surface area contributed by atoms with Gasteiger partial charge in [-0.1, -0.05) is 29.8 Å². The van der Waals surface area contributed by atoms with Crippen LogP contribution in [0.25, 0.3) is 0 Å². The number of hydrogen-bond donors (Lipinski definition) is 0. The molecule has 1 fully saturated rings. The van der Waals surface area contributed by atoms with Gasteiger partial charge < -0.3 is 4.90 Å². The molecule has 1 aliphatic rings. The van der Waals surface area contributed by atoms with E-state index in [1.807, 2.05) is 23.1 Å². The lowest BCUT2D eigenvalue weighted by molar-refractivity contribution is -0.130. The van der Waals surface area contributed by atoms with Crippen LogP contribution in [-0.2, 0) is 11.3 Å². The van der Waals surface area contributed by atoms with Crippen LogP contribution in [-0.4, -0.2) is 38.7 Å². The number of rotatable bonds is 5. The van der Waals surface area contributed by atoms with Crippen LogP contribution in [0, 0.1) is 0 Å². The number of hydrogen-bond acceptors (Lipinski definition) is 3. The van der Waals surface area contributed by atoms with Crippen molar-refractivity contribution in [2.24, 2.45) is 0 Å². The molecule has 1 aliphatic heterocycles. The third-order valence-electron chi connectivity index (χ3n) is 4.13. The van der Waals surface area contributed by atoms with Crippen LogP contribution in [0.15, 0.2) is 36.9 Å². The summed E-state index contributed by atoms with van der Waals surface area (Å²) in [4.78, 5) is 18.1. The lowest BCUT2D eigenvalue weighted by Crippen LogP contribution is -2.28. The fourth-order valence-corrected chi connectivity index (χ4v) is 3.24. The van der Waals surface area contributed by atoms with Crippen molar-refractivity contribution in [1.82, 2.24) is 19.7 Å². The topological polar surface area (TPSA) is 51.0 Å². The standard InChI is InChI=1S/C16H19ClN4O/c17-15-5-2-1-4-14(15)13-7-9-20(10-13)16(22)6-3-8-21-12-18-11-19-21/h1-2,4-5,11-13H,3,6-10H2/t13-/m1/s1. The first kappa shape index (κ1) is 15.0. The molecular formula is C16H19ClN4O. The number of likely N-dealkylation sites (tertiary alicyclic amines) is 1. The molecule has 0 saturated carbocycles. The number of carbonyl (C=O) groups excluding carboxylic acids is 1. The van der Waals surface area contributed by atoms with E-state index in [2.05, 4.69) is 16.1 Å². The van der Waals surface area contributed by atoms with E-state index in [0.717, 1.165) is 43.1 Å². The van der Waals surface area contributed by atoms with Gasteiger partial charge in [-0.05, 0) is 24.5 Å². The van der Waals surface area contributed by atoms with Gasteiger partial charge in [0.25, 0.3) is 0 Å². The molecule has 0 aliphatic carbocycles. The fraction of sp³-hybridized carbons (Fsp3) is 0.438. The first-order valence-electron chi connectivity index (χ1n) is 7.58. The van der Waals surface area contributed by atoms with Crippen LogP contribution in [0.1, 0.15) is 30.7 Å². The van der Waals surface area contributed by atoms with Crippen LogP contribution in [0.2, 0.25) is 5.02 Å². The summed E-state index contributed by atoms with van der Waals surface area (Å²) in [6.07, 6.45) is 5.51. The Morgan fingerprint density at radius 2 is 2.23 bits per heavy atom. The summed E-state index contributed by atoms with van der Waals surface area (Å²) in [5.74, 6) is 0.572. The van der Waals surface area contributed by atoms with Crippen LogP contribution >= 0.6 is 11.6 Å². The highest BCUT2D eigenvalue weighted by Gasteiger charge is 2.27. The molecule has 1 amide bonds. The fourth-order valence-electron chi connectivity index (χ4n) is 2.95. The van der Waals surface area contributed by atoms with E-state index in [1.54, 1.807) is 11.0 Å². The molecule has 6 heteroatoms. The Morgan fingerprint density at radius 3 is 3.00 bits per heavy atom. The highest BCUT2D eigenvalue weighted by molar-refractivity contribution is 6.31. The van der Waals surface area contributed by atoms with Gasteiger partial charge in [0.05, 0.1) is 0 Å². The zero-order valence-corrected chi connectivity index (χ0v) is 13.1. The molecule has 0 radical (unpaired) electrons. The predicted molar refractivity (Wildman–Crippen MR) is 84.6 cm³/mol. The minimum absolute atomic E-state index is 0.217. The van der Waals surface area contributed by atoms with Crippen molar-refractivity contribution in [1.29, 1.82) is 0 Å². The average Bonchev–Trinajstić information content (AvgIpc) is 3.19. The van der Waals surface area contributed by atoms with Crippen LogP contribution in [0.4, 0.5) is 0 Å². The number of aryl methyl sites for hydroxylation is 1. The van der Waals surface area contributed by atoms with Crippen LogP contribution in [0.5, 0.6) is 0 Å². The van der Waals surface area contributed by atoms with Gasteiger partial charge in [0.2, 0.25) is 5.91 Å². The van der Waals surface area contributed by atoms with E-state index >= 15 is 0 Å². The van der Waals surface area contributed by atoms with E-state index in [4.69, 9.17) is 11.6 Å². The van der Waals surface area contributed by atoms with Crippen LogP contribution in [0.3, 0.4) is 0 Å². The van der Waals surface area contributed by atoms with Crippen molar-refractivity contribution in [3.8, 4) is 0 Å². The van der Waals surface area contributed by atoms with Crippen molar-refractivity contribution in [3.05, 3.63) is 47.5 Å². The normalized spacial score (nSPS) is 17.9. The van der Waals surface area contributed by atoms with Gasteiger partial charge >= 0.3 is 0 Å². The minimum Gasteiger partial charge on any atom is -0.342 e. The summed E-state index contributed by atoms with van der Waals surface area (Å²) >= 11 is 6.25. The number of aromatic nitrogens is 3. The molecule has 1 aromatic carbocycles. The number of carbonyl (C=O) groups is 1. The third kappa shape index (κ3) is 3.47. The molecular weight excluding hydrogens is 300 g/mol. The van der Waals surface area contributed by atoms with E-state index in [-0.39, 0.29) is 5.91 Å². The quantitative estimate of drug-likeness (QED) is 0.851. The van der Waals surface area contributed by atoms with Crippen LogP contribution < -0.4 is 0 Å². The first-order valence-corrected chi connectivity index (χ1v) is 7.96. The second kappa shape index (κ2) is 6.92. The Morgan fingerprint density at radius 1 is 1.36 bits per heavy atom. The average molecular weight is 319 g/mol. The maximum atomic E-state index is 12.3. The maximum Gasteiger partial charge on any atom is 0.222 e. The van der Waals surface area contributed by atoms with Gasteiger partial charge in [-0.15, -0.1) is 0 Å². The lowest BCUT2D eigenvalue weighted by atomic mass is 9.98. The largest absolute Gasteiger partial charge is 0.342 e. The molecule has 0 spiro atoms. The number of nitrogens with zero attached hydrogens (tertiary/aromatic N) is 4. The predicted octanol–water partition coefficient (Wildman–Crippen LogP) is 2.73. The van der Waals surface area contributed by atoms with Gasteiger partial charge in [0.15, 0.2) is 0 Å². The van der Waals surface area contributed by atoms with E-state index in [0.29, 0.717) is 12.3 Å². The highest BCUT2D eigenvalue weighted by Crippen LogP contribution is 2.32. The summed E-state index contributed by atoms with van der Waals surface area (Å²) in [5, 5.41) is 4.84. The van der Waals surface area contributed by atoms with E-state index < -0.39 is 0 Å². The highest BCUT2D eigenvalue weighted by atomic mass is 35.5. The van der Waals surface area contributed by atoms with E-state index in [9.17, 15) is 4.79 Å². The van der Waals surface area contributed by atoms with Crippen molar-refractivity contribution < 1.29 is 4.79 Å². The second-order valence-corrected chi connectivity index (χ2v) is 6.02. The smallest absolute Gasteiger partial charge is 0.222 e. The summed E-state index contributed by atoms with van der Waals surface area (Å²) in [6, 6.07) is 7.92. The summed E-state index contributed by atoms with van der Waals surface area (Å²) < 4.78 is 1.75. The minimum atomic E-state index is 0.217. The SMILES string of the molecule is O=C(CCCn1cncn1)N1CC[C@@H](c2ccccc2Cl)C1. The molecule has 22 heavy (non-hydrogen) atoms. The molecule has 1 saturated heterocycles. The van der Waals surface area contributed by atoms with E-state index in [1.165, 1.54) is 6.33 Å². The summed E-state index contributed by atoms with van der Waals surface area (Å²) in [5.41, 5.74) is 1.15. The molecule has 2 heterocycles. The van der Waals surface area contributed by atoms with Crippen molar-refractivity contribution in [2.75, 3.05) is 13.1 Å². The molecule has 116 valence electrons. The Bertz CT molecular complexity index is 629. The Kier molecular flexibility index (Phi) is 4.73. The van der Waals surface area contributed by atoms with Gasteiger partial charge in [-0.2, -0.15) is 5.10 Å².